The summed E-state index contributed by atoms with van der Waals surface area (Å²) in [7, 11) is 0. The molecule has 0 amide bonds. The SMILES string of the molecule is N[C@]1(C(=O)O)C[C@H](C(=O)O)N(Cc2ccccc2C(=O)O)C1. The molecule has 5 N–H and O–H groups in total. The van der Waals surface area contributed by atoms with E-state index in [4.69, 9.17) is 15.9 Å². The molecule has 2 atom stereocenters. The van der Waals surface area contributed by atoms with Gasteiger partial charge in [0.25, 0.3) is 0 Å². The summed E-state index contributed by atoms with van der Waals surface area (Å²) in [6.07, 6.45) is -0.229. The maximum Gasteiger partial charge on any atom is 0.336 e. The van der Waals surface area contributed by atoms with Crippen LogP contribution in [-0.4, -0.2) is 56.3 Å². The molecule has 0 spiro atoms. The number of aliphatic carboxylic acids is 2. The Morgan fingerprint density at radius 2 is 1.86 bits per heavy atom. The van der Waals surface area contributed by atoms with E-state index in [9.17, 15) is 19.5 Å². The Kier molecular flexibility index (Phi) is 4.16. The van der Waals surface area contributed by atoms with Gasteiger partial charge in [-0.05, 0) is 11.6 Å². The van der Waals surface area contributed by atoms with Gasteiger partial charge in [-0.15, -0.1) is 0 Å². The Morgan fingerprint density at radius 3 is 2.41 bits per heavy atom. The van der Waals surface area contributed by atoms with E-state index in [1.165, 1.54) is 11.0 Å². The van der Waals surface area contributed by atoms with E-state index < -0.39 is 29.5 Å². The van der Waals surface area contributed by atoms with Crippen LogP contribution >= 0.6 is 0 Å². The summed E-state index contributed by atoms with van der Waals surface area (Å²) in [5.41, 5.74) is 4.56. The fourth-order valence-electron chi connectivity index (χ4n) is 2.66. The quantitative estimate of drug-likeness (QED) is 0.587. The smallest absolute Gasteiger partial charge is 0.336 e. The van der Waals surface area contributed by atoms with Gasteiger partial charge in [-0.1, -0.05) is 18.2 Å². The van der Waals surface area contributed by atoms with Gasteiger partial charge in [0.1, 0.15) is 11.6 Å². The summed E-state index contributed by atoms with van der Waals surface area (Å²) in [5, 5.41) is 27.6. The van der Waals surface area contributed by atoms with Crippen LogP contribution in [0.2, 0.25) is 0 Å². The van der Waals surface area contributed by atoms with Crippen LogP contribution in [0.25, 0.3) is 0 Å². The van der Waals surface area contributed by atoms with Crippen molar-refractivity contribution in [3.8, 4) is 0 Å². The highest BCUT2D eigenvalue weighted by Gasteiger charge is 2.49. The molecule has 8 heteroatoms. The van der Waals surface area contributed by atoms with Gasteiger partial charge in [0.15, 0.2) is 0 Å². The second-order valence-corrected chi connectivity index (χ2v) is 5.39. The molecule has 1 aromatic rings. The summed E-state index contributed by atoms with van der Waals surface area (Å²) < 4.78 is 0. The van der Waals surface area contributed by atoms with Crippen LogP contribution in [0.1, 0.15) is 22.3 Å². The van der Waals surface area contributed by atoms with E-state index in [1.807, 2.05) is 0 Å². The van der Waals surface area contributed by atoms with E-state index in [0.717, 1.165) is 0 Å². The standard InChI is InChI=1S/C14H16N2O6/c15-14(13(21)22)5-10(12(19)20)16(7-14)6-8-3-1-2-4-9(8)11(17)18/h1-4,10H,5-7,15H2,(H,17,18)(H,19,20)(H,21,22)/t10-,14-/m1/s1. The molecule has 22 heavy (non-hydrogen) atoms. The highest BCUT2D eigenvalue weighted by Crippen LogP contribution is 2.28. The molecule has 0 radical (unpaired) electrons. The lowest BCUT2D eigenvalue weighted by atomic mass is 9.98. The molecule has 8 nitrogen and oxygen atoms in total. The zero-order chi connectivity index (χ0) is 16.5. The van der Waals surface area contributed by atoms with E-state index >= 15 is 0 Å². The van der Waals surface area contributed by atoms with Gasteiger partial charge < -0.3 is 21.1 Å². The average molecular weight is 308 g/mol. The second kappa shape index (κ2) is 5.74. The first kappa shape index (κ1) is 15.9. The number of rotatable bonds is 5. The van der Waals surface area contributed by atoms with Gasteiger partial charge in [-0.3, -0.25) is 14.5 Å². The summed E-state index contributed by atoms with van der Waals surface area (Å²) in [6, 6.07) is 5.12. The third-order valence-electron chi connectivity index (χ3n) is 3.82. The first-order chi connectivity index (χ1) is 10.2. The van der Waals surface area contributed by atoms with Crippen molar-refractivity contribution >= 4 is 17.9 Å². The zero-order valence-electron chi connectivity index (χ0n) is 11.6. The number of carboxylic acids is 3. The van der Waals surface area contributed by atoms with E-state index in [-0.39, 0.29) is 25.1 Å². The fourth-order valence-corrected chi connectivity index (χ4v) is 2.66. The minimum atomic E-state index is -1.65. The van der Waals surface area contributed by atoms with Crippen LogP contribution < -0.4 is 5.73 Å². The van der Waals surface area contributed by atoms with Crippen molar-refractivity contribution in [2.75, 3.05) is 6.54 Å². The van der Waals surface area contributed by atoms with E-state index in [2.05, 4.69) is 0 Å². The normalized spacial score (nSPS) is 25.0. The lowest BCUT2D eigenvalue weighted by Gasteiger charge is -2.22. The number of nitrogens with zero attached hydrogens (tertiary/aromatic N) is 1. The molecular weight excluding hydrogens is 292 g/mol. The Balaban J connectivity index is 2.30. The van der Waals surface area contributed by atoms with E-state index in [1.54, 1.807) is 18.2 Å². The fraction of sp³-hybridized carbons (Fsp3) is 0.357. The first-order valence-corrected chi connectivity index (χ1v) is 6.55. The number of benzene rings is 1. The van der Waals surface area contributed by atoms with Gasteiger partial charge >= 0.3 is 17.9 Å². The third-order valence-corrected chi connectivity index (χ3v) is 3.82. The molecule has 0 aliphatic carbocycles. The van der Waals surface area contributed by atoms with Crippen LogP contribution in [-0.2, 0) is 16.1 Å². The average Bonchev–Trinajstić information content (AvgIpc) is 2.78. The van der Waals surface area contributed by atoms with Crippen LogP contribution in [0.4, 0.5) is 0 Å². The van der Waals surface area contributed by atoms with Crippen molar-refractivity contribution in [2.24, 2.45) is 5.73 Å². The number of carbonyl (C=O) groups is 3. The number of hydrogen-bond donors (Lipinski definition) is 4. The Labute approximate surface area is 125 Å². The number of hydrogen-bond acceptors (Lipinski definition) is 5. The summed E-state index contributed by atoms with van der Waals surface area (Å²) in [4.78, 5) is 35.1. The van der Waals surface area contributed by atoms with Crippen LogP contribution in [0, 0.1) is 0 Å². The number of nitrogens with two attached hydrogens (primary N) is 1. The molecule has 1 aliphatic heterocycles. The molecule has 118 valence electrons. The maximum atomic E-state index is 11.3. The molecule has 2 rings (SSSR count). The van der Waals surface area contributed by atoms with Crippen molar-refractivity contribution in [2.45, 2.75) is 24.5 Å². The molecule has 1 heterocycles. The minimum Gasteiger partial charge on any atom is -0.480 e. The molecule has 1 aliphatic rings. The van der Waals surface area contributed by atoms with Crippen molar-refractivity contribution in [1.29, 1.82) is 0 Å². The number of carboxylic acid groups (broad SMARTS) is 3. The van der Waals surface area contributed by atoms with Crippen molar-refractivity contribution < 1.29 is 29.7 Å². The van der Waals surface area contributed by atoms with Crippen LogP contribution in [0.3, 0.4) is 0 Å². The molecule has 0 aromatic heterocycles. The molecule has 0 saturated carbocycles. The lowest BCUT2D eigenvalue weighted by Crippen LogP contribution is -2.50. The molecular formula is C14H16N2O6. The number of aromatic carboxylic acids is 1. The van der Waals surface area contributed by atoms with Gasteiger partial charge in [-0.2, -0.15) is 0 Å². The number of likely N-dealkylation sites (tertiary alicyclic amines) is 1. The summed E-state index contributed by atoms with van der Waals surface area (Å²) in [5.74, 6) is -3.58. The zero-order valence-corrected chi connectivity index (χ0v) is 11.6. The lowest BCUT2D eigenvalue weighted by molar-refractivity contribution is -0.142. The maximum absolute atomic E-state index is 11.3. The Morgan fingerprint density at radius 1 is 1.23 bits per heavy atom. The first-order valence-electron chi connectivity index (χ1n) is 6.55. The predicted molar refractivity (Wildman–Crippen MR) is 74.4 cm³/mol. The highest BCUT2D eigenvalue weighted by molar-refractivity contribution is 5.89. The van der Waals surface area contributed by atoms with Crippen molar-refractivity contribution in [1.82, 2.24) is 4.90 Å². The molecule has 1 saturated heterocycles. The highest BCUT2D eigenvalue weighted by atomic mass is 16.4. The molecule has 1 fully saturated rings. The topological polar surface area (TPSA) is 141 Å². The Bertz CT molecular complexity index is 632. The summed E-state index contributed by atoms with van der Waals surface area (Å²) in [6.45, 7) is -0.154. The van der Waals surface area contributed by atoms with Gasteiger partial charge in [-0.25, -0.2) is 4.79 Å². The minimum absolute atomic E-state index is 0.00562. The predicted octanol–water partition coefficient (Wildman–Crippen LogP) is -0.174. The molecule has 0 unspecified atom stereocenters. The molecule has 1 aromatic carbocycles. The monoisotopic (exact) mass is 308 g/mol. The van der Waals surface area contributed by atoms with Crippen LogP contribution in [0.5, 0.6) is 0 Å². The third kappa shape index (κ3) is 2.92. The molecule has 0 bridgehead atoms. The van der Waals surface area contributed by atoms with Crippen LogP contribution in [0.15, 0.2) is 24.3 Å². The van der Waals surface area contributed by atoms with Gasteiger partial charge in [0.2, 0.25) is 0 Å². The van der Waals surface area contributed by atoms with Crippen molar-refractivity contribution in [3.05, 3.63) is 35.4 Å². The largest absolute Gasteiger partial charge is 0.480 e. The second-order valence-electron chi connectivity index (χ2n) is 5.39. The van der Waals surface area contributed by atoms with E-state index in [0.29, 0.717) is 5.56 Å². The summed E-state index contributed by atoms with van der Waals surface area (Å²) >= 11 is 0. The Hall–Kier alpha value is -2.45. The van der Waals surface area contributed by atoms with Crippen molar-refractivity contribution in [3.63, 3.8) is 0 Å². The van der Waals surface area contributed by atoms with Gasteiger partial charge in [0, 0.05) is 19.5 Å². The van der Waals surface area contributed by atoms with Gasteiger partial charge in [0.05, 0.1) is 5.56 Å².